The van der Waals surface area contributed by atoms with Crippen LogP contribution >= 0.6 is 11.6 Å². The topological polar surface area (TPSA) is 62.7 Å². The molecule has 0 radical (unpaired) electrons. The van der Waals surface area contributed by atoms with Crippen molar-refractivity contribution >= 4 is 23.7 Å². The van der Waals surface area contributed by atoms with Gasteiger partial charge in [0.05, 0.1) is 12.8 Å². The second kappa shape index (κ2) is 10.8. The number of hydrogen-bond donors (Lipinski definition) is 2. The molecule has 2 aromatic carbocycles. The van der Waals surface area contributed by atoms with Crippen molar-refractivity contribution in [3.8, 4) is 5.75 Å². The quantitative estimate of drug-likeness (QED) is 0.514. The molecule has 1 aliphatic rings. The van der Waals surface area contributed by atoms with Crippen LogP contribution in [0.25, 0.3) is 0 Å². The van der Waals surface area contributed by atoms with E-state index in [1.54, 1.807) is 6.21 Å². The van der Waals surface area contributed by atoms with E-state index in [2.05, 4.69) is 15.8 Å². The van der Waals surface area contributed by atoms with Gasteiger partial charge in [-0.2, -0.15) is 5.10 Å². The lowest BCUT2D eigenvalue weighted by Gasteiger charge is -2.22. The fourth-order valence-electron chi connectivity index (χ4n) is 3.22. The summed E-state index contributed by atoms with van der Waals surface area (Å²) in [7, 11) is 0. The molecular formula is C22H26ClN3O2. The summed E-state index contributed by atoms with van der Waals surface area (Å²) in [5.74, 6) is 0.585. The molecule has 1 amide bonds. The number of hydrogen-bond acceptors (Lipinski definition) is 4. The van der Waals surface area contributed by atoms with E-state index in [1.807, 2.05) is 48.5 Å². The fourth-order valence-corrected chi connectivity index (χ4v) is 3.41. The molecule has 148 valence electrons. The van der Waals surface area contributed by atoms with Crippen molar-refractivity contribution in [3.63, 3.8) is 0 Å². The number of nitrogens with one attached hydrogen (secondary N) is 2. The van der Waals surface area contributed by atoms with E-state index in [1.165, 1.54) is 19.3 Å². The molecule has 1 aliphatic carbocycles. The monoisotopic (exact) mass is 399 g/mol. The summed E-state index contributed by atoms with van der Waals surface area (Å²) in [5.41, 5.74) is 4.34. The number of carbonyl (C=O) groups is 1. The van der Waals surface area contributed by atoms with Crippen LogP contribution in [0, 0.1) is 0 Å². The third kappa shape index (κ3) is 6.66. The van der Waals surface area contributed by atoms with Gasteiger partial charge in [0.15, 0.2) is 0 Å². The van der Waals surface area contributed by atoms with Gasteiger partial charge < -0.3 is 10.1 Å². The first kappa shape index (κ1) is 20.4. The predicted molar refractivity (Wildman–Crippen MR) is 113 cm³/mol. The fraction of sp³-hybridized carbons (Fsp3) is 0.364. The molecule has 0 bridgehead atoms. The van der Waals surface area contributed by atoms with Crippen LogP contribution in [0.15, 0.2) is 53.6 Å². The molecule has 1 fully saturated rings. The Kier molecular flexibility index (Phi) is 7.88. The van der Waals surface area contributed by atoms with Crippen LogP contribution in [0.5, 0.6) is 5.75 Å². The van der Waals surface area contributed by atoms with Crippen molar-refractivity contribution < 1.29 is 9.53 Å². The van der Waals surface area contributed by atoms with Gasteiger partial charge in [-0.25, -0.2) is 5.43 Å². The summed E-state index contributed by atoms with van der Waals surface area (Å²) in [6.45, 7) is 0.687. The lowest BCUT2D eigenvalue weighted by atomic mass is 9.95. The van der Waals surface area contributed by atoms with Crippen LogP contribution in [-0.4, -0.2) is 24.7 Å². The summed E-state index contributed by atoms with van der Waals surface area (Å²) in [6.07, 6.45) is 7.70. The lowest BCUT2D eigenvalue weighted by molar-refractivity contribution is -0.120. The van der Waals surface area contributed by atoms with Crippen molar-refractivity contribution in [2.45, 2.75) is 44.8 Å². The molecule has 0 spiro atoms. The highest BCUT2D eigenvalue weighted by molar-refractivity contribution is 6.31. The van der Waals surface area contributed by atoms with Crippen LogP contribution in [0.4, 0.5) is 0 Å². The number of nitrogens with zero attached hydrogens (tertiary/aromatic N) is 1. The van der Waals surface area contributed by atoms with E-state index in [-0.39, 0.29) is 5.91 Å². The van der Waals surface area contributed by atoms with E-state index in [0.717, 1.165) is 24.0 Å². The second-order valence-electron chi connectivity index (χ2n) is 6.96. The molecule has 6 heteroatoms. The first-order valence-corrected chi connectivity index (χ1v) is 10.1. The third-order valence-corrected chi connectivity index (χ3v) is 5.14. The number of amides is 1. The molecule has 0 aromatic heterocycles. The minimum Gasteiger partial charge on any atom is -0.489 e. The number of ether oxygens (including phenoxy) is 1. The Balaban J connectivity index is 1.44. The van der Waals surface area contributed by atoms with Crippen molar-refractivity contribution in [2.75, 3.05) is 6.54 Å². The Morgan fingerprint density at radius 1 is 1.14 bits per heavy atom. The Bertz CT molecular complexity index is 804. The first-order valence-electron chi connectivity index (χ1n) is 9.72. The Labute approximate surface area is 171 Å². The zero-order valence-corrected chi connectivity index (χ0v) is 16.6. The van der Waals surface area contributed by atoms with E-state index in [4.69, 9.17) is 16.3 Å². The van der Waals surface area contributed by atoms with E-state index in [9.17, 15) is 4.79 Å². The normalized spacial score (nSPS) is 14.9. The van der Waals surface area contributed by atoms with Gasteiger partial charge in [-0.05, 0) is 36.6 Å². The Morgan fingerprint density at radius 3 is 2.79 bits per heavy atom. The third-order valence-electron chi connectivity index (χ3n) is 4.77. The molecule has 0 atom stereocenters. The van der Waals surface area contributed by atoms with Gasteiger partial charge in [0.1, 0.15) is 12.4 Å². The standard InChI is InChI=1S/C22H26ClN3O2/c23-21-12-5-4-8-18(21)16-28-20-11-6-7-17(13-20)14-25-26-22(27)15-24-19-9-2-1-3-10-19/h4-8,11-14,19,24H,1-3,9-10,15-16H2,(H,26,27)/b25-14-. The van der Waals surface area contributed by atoms with Gasteiger partial charge in [0.2, 0.25) is 0 Å². The maximum absolute atomic E-state index is 11.9. The van der Waals surface area contributed by atoms with Gasteiger partial charge in [0, 0.05) is 16.6 Å². The largest absolute Gasteiger partial charge is 0.489 e. The molecule has 0 saturated heterocycles. The van der Waals surface area contributed by atoms with Crippen LogP contribution in [-0.2, 0) is 11.4 Å². The summed E-state index contributed by atoms with van der Waals surface area (Å²) < 4.78 is 5.80. The zero-order valence-electron chi connectivity index (χ0n) is 15.9. The molecule has 1 saturated carbocycles. The SMILES string of the molecule is O=C(CNC1CCCCC1)N/N=C\c1cccc(OCc2ccccc2Cl)c1. The average Bonchev–Trinajstić information content (AvgIpc) is 2.73. The molecular weight excluding hydrogens is 374 g/mol. The maximum atomic E-state index is 11.9. The molecule has 0 aliphatic heterocycles. The number of hydrazone groups is 1. The van der Waals surface area contributed by atoms with Gasteiger partial charge in [-0.1, -0.05) is 61.2 Å². The predicted octanol–water partition coefficient (Wildman–Crippen LogP) is 4.29. The van der Waals surface area contributed by atoms with E-state index >= 15 is 0 Å². The van der Waals surface area contributed by atoms with Crippen molar-refractivity contribution in [1.82, 2.24) is 10.7 Å². The maximum Gasteiger partial charge on any atom is 0.254 e. The van der Waals surface area contributed by atoms with Gasteiger partial charge in [-0.15, -0.1) is 0 Å². The second-order valence-corrected chi connectivity index (χ2v) is 7.37. The zero-order chi connectivity index (χ0) is 19.6. The average molecular weight is 400 g/mol. The Morgan fingerprint density at radius 2 is 1.96 bits per heavy atom. The van der Waals surface area contributed by atoms with Crippen LogP contribution in [0.3, 0.4) is 0 Å². The summed E-state index contributed by atoms with van der Waals surface area (Å²) in [5, 5.41) is 8.02. The molecule has 3 rings (SSSR count). The number of carbonyl (C=O) groups excluding carboxylic acids is 1. The molecule has 5 nitrogen and oxygen atoms in total. The highest BCUT2D eigenvalue weighted by Gasteiger charge is 2.13. The van der Waals surface area contributed by atoms with Gasteiger partial charge in [0.25, 0.3) is 5.91 Å². The summed E-state index contributed by atoms with van der Waals surface area (Å²) in [6, 6.07) is 15.6. The molecule has 0 heterocycles. The molecule has 28 heavy (non-hydrogen) atoms. The number of halogens is 1. The highest BCUT2D eigenvalue weighted by Crippen LogP contribution is 2.19. The smallest absolute Gasteiger partial charge is 0.254 e. The number of benzene rings is 2. The van der Waals surface area contributed by atoms with E-state index < -0.39 is 0 Å². The Hall–Kier alpha value is -2.37. The van der Waals surface area contributed by atoms with Gasteiger partial charge in [-0.3, -0.25) is 4.79 Å². The lowest BCUT2D eigenvalue weighted by Crippen LogP contribution is -2.38. The highest BCUT2D eigenvalue weighted by atomic mass is 35.5. The molecule has 0 unspecified atom stereocenters. The van der Waals surface area contributed by atoms with Gasteiger partial charge >= 0.3 is 0 Å². The van der Waals surface area contributed by atoms with Crippen molar-refractivity contribution in [2.24, 2.45) is 5.10 Å². The van der Waals surface area contributed by atoms with Crippen molar-refractivity contribution in [1.29, 1.82) is 0 Å². The van der Waals surface area contributed by atoms with Crippen molar-refractivity contribution in [3.05, 3.63) is 64.7 Å². The van der Waals surface area contributed by atoms with Crippen LogP contribution < -0.4 is 15.5 Å². The van der Waals surface area contributed by atoms with Crippen LogP contribution in [0.2, 0.25) is 5.02 Å². The molecule has 2 N–H and O–H groups in total. The minimum atomic E-state index is -0.132. The summed E-state index contributed by atoms with van der Waals surface area (Å²) >= 11 is 6.15. The minimum absolute atomic E-state index is 0.132. The summed E-state index contributed by atoms with van der Waals surface area (Å²) in [4.78, 5) is 11.9. The number of rotatable bonds is 8. The van der Waals surface area contributed by atoms with Crippen LogP contribution in [0.1, 0.15) is 43.2 Å². The van der Waals surface area contributed by atoms with E-state index in [0.29, 0.717) is 30.0 Å². The first-order chi connectivity index (χ1) is 13.7. The molecule has 2 aromatic rings.